The highest BCUT2D eigenvalue weighted by Crippen LogP contribution is 2.16. The minimum Gasteiger partial charge on any atom is -0.378 e. The molecule has 0 aromatic heterocycles. The Morgan fingerprint density at radius 3 is 2.40 bits per heavy atom. The summed E-state index contributed by atoms with van der Waals surface area (Å²) >= 11 is 0.965. The molecule has 1 rings (SSSR count). The molecule has 0 fully saturated rings. The number of nitrogens with zero attached hydrogens (tertiary/aromatic N) is 2. The molecule has 4 heteroatoms. The number of hydrogen-bond acceptors (Lipinski definition) is 4. The van der Waals surface area contributed by atoms with Crippen LogP contribution in [-0.2, 0) is 0 Å². The first-order valence-corrected chi connectivity index (χ1v) is 5.31. The predicted molar refractivity (Wildman–Crippen MR) is 66.1 cm³/mol. The molecule has 0 bridgehead atoms. The van der Waals surface area contributed by atoms with Crippen molar-refractivity contribution in [3.8, 4) is 6.07 Å². The van der Waals surface area contributed by atoms with Crippen molar-refractivity contribution in [2.75, 3.05) is 19.0 Å². The summed E-state index contributed by atoms with van der Waals surface area (Å²) in [6.45, 7) is 0. The van der Waals surface area contributed by atoms with E-state index in [1.165, 1.54) is 0 Å². The molecule has 2 N–H and O–H groups in total. The van der Waals surface area contributed by atoms with Gasteiger partial charge in [0.2, 0.25) is 0 Å². The van der Waals surface area contributed by atoms with Crippen LogP contribution in [0.1, 0.15) is 5.56 Å². The third kappa shape index (κ3) is 3.31. The standard InChI is InChI=1S/C11H13N3S/c1-14(2)10-5-3-9(4-6-10)7-11(8-12)15-13/h3-7H,13H2,1-2H3/b11-7+. The summed E-state index contributed by atoms with van der Waals surface area (Å²) in [7, 11) is 3.97. The molecule has 0 amide bonds. The normalized spacial score (nSPS) is 10.9. The second kappa shape index (κ2) is 5.44. The van der Waals surface area contributed by atoms with Crippen molar-refractivity contribution in [3.05, 3.63) is 34.7 Å². The first-order valence-electron chi connectivity index (χ1n) is 4.43. The van der Waals surface area contributed by atoms with Gasteiger partial charge in [0, 0.05) is 19.8 Å². The van der Waals surface area contributed by atoms with E-state index in [2.05, 4.69) is 0 Å². The zero-order chi connectivity index (χ0) is 11.3. The molecule has 0 aliphatic rings. The Labute approximate surface area is 94.3 Å². The summed E-state index contributed by atoms with van der Waals surface area (Å²) in [5.41, 5.74) is 2.11. The van der Waals surface area contributed by atoms with Crippen molar-refractivity contribution in [2.45, 2.75) is 0 Å². The number of nitriles is 1. The SMILES string of the molecule is CN(C)c1ccc(/C=C(\C#N)SN)cc1. The molecule has 0 aliphatic heterocycles. The average molecular weight is 219 g/mol. The number of allylic oxidation sites excluding steroid dienone is 1. The van der Waals surface area contributed by atoms with E-state index in [1.54, 1.807) is 6.08 Å². The van der Waals surface area contributed by atoms with E-state index in [0.717, 1.165) is 23.2 Å². The van der Waals surface area contributed by atoms with Crippen molar-refractivity contribution in [1.82, 2.24) is 0 Å². The van der Waals surface area contributed by atoms with Crippen LogP contribution < -0.4 is 10.0 Å². The molecule has 0 spiro atoms. The van der Waals surface area contributed by atoms with Crippen molar-refractivity contribution < 1.29 is 0 Å². The summed E-state index contributed by atoms with van der Waals surface area (Å²) in [6, 6.07) is 9.95. The van der Waals surface area contributed by atoms with Crippen molar-refractivity contribution >= 4 is 23.7 Å². The molecular weight excluding hydrogens is 206 g/mol. The maximum Gasteiger partial charge on any atom is 0.107 e. The molecular formula is C11H13N3S. The lowest BCUT2D eigenvalue weighted by Gasteiger charge is -2.11. The number of nitrogens with two attached hydrogens (primary N) is 1. The second-order valence-electron chi connectivity index (χ2n) is 3.22. The van der Waals surface area contributed by atoms with Crippen LogP contribution in [0.3, 0.4) is 0 Å². The summed E-state index contributed by atoms with van der Waals surface area (Å²) in [5.74, 6) is 0. The van der Waals surface area contributed by atoms with Gasteiger partial charge in [-0.05, 0) is 35.7 Å². The van der Waals surface area contributed by atoms with E-state index in [-0.39, 0.29) is 0 Å². The van der Waals surface area contributed by atoms with Gasteiger partial charge < -0.3 is 4.90 Å². The Hall–Kier alpha value is -1.44. The minimum atomic E-state index is 0.507. The third-order valence-corrected chi connectivity index (χ3v) is 2.41. The Balaban J connectivity index is 2.90. The minimum absolute atomic E-state index is 0.507. The Morgan fingerprint density at radius 1 is 1.40 bits per heavy atom. The van der Waals surface area contributed by atoms with Crippen LogP contribution in [0, 0.1) is 11.3 Å². The third-order valence-electron chi connectivity index (χ3n) is 1.94. The fourth-order valence-electron chi connectivity index (χ4n) is 1.11. The lowest BCUT2D eigenvalue weighted by atomic mass is 10.2. The highest BCUT2D eigenvalue weighted by atomic mass is 32.2. The first-order chi connectivity index (χ1) is 7.17. The first kappa shape index (κ1) is 11.6. The predicted octanol–water partition coefficient (Wildman–Crippen LogP) is 2.22. The Morgan fingerprint density at radius 2 is 2.00 bits per heavy atom. The maximum absolute atomic E-state index is 8.70. The van der Waals surface area contributed by atoms with E-state index in [4.69, 9.17) is 10.4 Å². The molecule has 78 valence electrons. The van der Waals surface area contributed by atoms with E-state index in [0.29, 0.717) is 4.91 Å². The molecule has 1 aromatic carbocycles. The van der Waals surface area contributed by atoms with Gasteiger partial charge in [-0.2, -0.15) is 5.26 Å². The van der Waals surface area contributed by atoms with Gasteiger partial charge in [0.05, 0.1) is 0 Å². The van der Waals surface area contributed by atoms with Gasteiger partial charge in [-0.25, -0.2) is 0 Å². The van der Waals surface area contributed by atoms with Crippen molar-refractivity contribution in [3.63, 3.8) is 0 Å². The van der Waals surface area contributed by atoms with Crippen LogP contribution in [0.4, 0.5) is 5.69 Å². The van der Waals surface area contributed by atoms with E-state index < -0.39 is 0 Å². The lowest BCUT2D eigenvalue weighted by Crippen LogP contribution is -2.07. The average Bonchev–Trinajstić information content (AvgIpc) is 2.26. The van der Waals surface area contributed by atoms with Gasteiger partial charge in [-0.15, -0.1) is 0 Å². The quantitative estimate of drug-likeness (QED) is 0.625. The number of hydrogen-bond donors (Lipinski definition) is 1. The van der Waals surface area contributed by atoms with E-state index >= 15 is 0 Å². The zero-order valence-electron chi connectivity index (χ0n) is 8.77. The molecule has 0 atom stereocenters. The topological polar surface area (TPSA) is 53.0 Å². The van der Waals surface area contributed by atoms with E-state index in [1.807, 2.05) is 49.3 Å². The number of rotatable bonds is 3. The summed E-state index contributed by atoms with van der Waals surface area (Å²) in [6.07, 6.45) is 1.77. The molecule has 3 nitrogen and oxygen atoms in total. The summed E-state index contributed by atoms with van der Waals surface area (Å²) < 4.78 is 0. The molecule has 0 saturated carbocycles. The summed E-state index contributed by atoms with van der Waals surface area (Å²) in [5, 5.41) is 14.0. The van der Waals surface area contributed by atoms with Crippen LogP contribution in [0.2, 0.25) is 0 Å². The van der Waals surface area contributed by atoms with Gasteiger partial charge in [-0.3, -0.25) is 5.14 Å². The fourth-order valence-corrected chi connectivity index (χ4v) is 1.37. The zero-order valence-corrected chi connectivity index (χ0v) is 9.58. The van der Waals surface area contributed by atoms with Gasteiger partial charge >= 0.3 is 0 Å². The Bertz CT molecular complexity index is 387. The van der Waals surface area contributed by atoms with Gasteiger partial charge in [0.1, 0.15) is 11.0 Å². The smallest absolute Gasteiger partial charge is 0.107 e. The monoisotopic (exact) mass is 219 g/mol. The highest BCUT2D eigenvalue weighted by molar-refractivity contribution is 8.01. The molecule has 15 heavy (non-hydrogen) atoms. The molecule has 1 aromatic rings. The van der Waals surface area contributed by atoms with Crippen LogP contribution in [0.5, 0.6) is 0 Å². The molecule has 0 unspecified atom stereocenters. The van der Waals surface area contributed by atoms with E-state index in [9.17, 15) is 0 Å². The highest BCUT2D eigenvalue weighted by Gasteiger charge is 1.96. The second-order valence-corrected chi connectivity index (χ2v) is 3.90. The molecule has 0 heterocycles. The van der Waals surface area contributed by atoms with Gasteiger partial charge in [0.15, 0.2) is 0 Å². The molecule has 0 saturated heterocycles. The number of anilines is 1. The maximum atomic E-state index is 8.70. The molecule has 0 radical (unpaired) electrons. The fraction of sp³-hybridized carbons (Fsp3) is 0.182. The van der Waals surface area contributed by atoms with Crippen molar-refractivity contribution in [1.29, 1.82) is 5.26 Å². The van der Waals surface area contributed by atoms with Gasteiger partial charge in [0.25, 0.3) is 0 Å². The molecule has 0 aliphatic carbocycles. The van der Waals surface area contributed by atoms with Crippen molar-refractivity contribution in [2.24, 2.45) is 5.14 Å². The van der Waals surface area contributed by atoms with Crippen LogP contribution >= 0.6 is 11.9 Å². The van der Waals surface area contributed by atoms with Crippen LogP contribution in [0.25, 0.3) is 6.08 Å². The van der Waals surface area contributed by atoms with Gasteiger partial charge in [-0.1, -0.05) is 12.1 Å². The van der Waals surface area contributed by atoms with Crippen LogP contribution in [-0.4, -0.2) is 14.1 Å². The Kier molecular flexibility index (Phi) is 4.22. The van der Waals surface area contributed by atoms with Crippen LogP contribution in [0.15, 0.2) is 29.2 Å². The lowest BCUT2D eigenvalue weighted by molar-refractivity contribution is 1.13. The number of benzene rings is 1. The largest absolute Gasteiger partial charge is 0.378 e. The summed E-state index contributed by atoms with van der Waals surface area (Å²) in [4.78, 5) is 2.53.